The lowest BCUT2D eigenvalue weighted by atomic mass is 10.1. The summed E-state index contributed by atoms with van der Waals surface area (Å²) in [5, 5.41) is 13.0. The van der Waals surface area contributed by atoms with Gasteiger partial charge in [-0.3, -0.25) is 4.79 Å². The van der Waals surface area contributed by atoms with Crippen molar-refractivity contribution >= 4 is 17.2 Å². The number of ether oxygens (including phenoxy) is 1. The zero-order valence-electron chi connectivity index (χ0n) is 12.5. The van der Waals surface area contributed by atoms with Crippen LogP contribution in [0.25, 0.3) is 0 Å². The normalized spacial score (nSPS) is 17.5. The minimum absolute atomic E-state index is 0.108. The molecule has 2 aromatic rings. The lowest BCUT2D eigenvalue weighted by Gasteiger charge is -2.32. The van der Waals surface area contributed by atoms with Gasteiger partial charge in [-0.05, 0) is 35.2 Å². The van der Waals surface area contributed by atoms with Crippen molar-refractivity contribution in [3.63, 3.8) is 0 Å². The molecule has 0 aromatic carbocycles. The van der Waals surface area contributed by atoms with Crippen molar-refractivity contribution in [3.8, 4) is 11.9 Å². The number of piperidine rings is 1. The second-order valence-corrected chi connectivity index (χ2v) is 6.13. The molecule has 6 nitrogen and oxygen atoms in total. The van der Waals surface area contributed by atoms with Gasteiger partial charge in [0.25, 0.3) is 5.88 Å². The molecule has 0 spiro atoms. The molecule has 1 aliphatic heterocycles. The summed E-state index contributed by atoms with van der Waals surface area (Å²) in [6.45, 7) is 1.26. The van der Waals surface area contributed by atoms with Gasteiger partial charge in [0.2, 0.25) is 11.6 Å². The second kappa shape index (κ2) is 7.20. The number of nitriles is 1. The fourth-order valence-corrected chi connectivity index (χ4v) is 3.26. The standard InChI is InChI=1S/C16H16N4O2S/c17-9-14-16(19-5-4-18-14)22-13-2-1-6-20(10-13)15(21)8-12-3-7-23-11-12/h3-5,7,11,13H,1-2,6,8,10H2. The van der Waals surface area contributed by atoms with E-state index in [0.717, 1.165) is 24.9 Å². The van der Waals surface area contributed by atoms with Gasteiger partial charge in [0, 0.05) is 18.9 Å². The lowest BCUT2D eigenvalue weighted by Crippen LogP contribution is -2.45. The highest BCUT2D eigenvalue weighted by molar-refractivity contribution is 7.07. The minimum Gasteiger partial charge on any atom is -0.470 e. The van der Waals surface area contributed by atoms with Crippen LogP contribution in [0.4, 0.5) is 0 Å². The van der Waals surface area contributed by atoms with E-state index >= 15 is 0 Å². The Morgan fingerprint density at radius 3 is 3.13 bits per heavy atom. The van der Waals surface area contributed by atoms with Gasteiger partial charge in [-0.1, -0.05) is 0 Å². The molecule has 3 heterocycles. The molecule has 1 saturated heterocycles. The molecule has 1 atom stereocenters. The van der Waals surface area contributed by atoms with Crippen molar-refractivity contribution < 1.29 is 9.53 Å². The smallest absolute Gasteiger partial charge is 0.251 e. The number of hydrogen-bond donors (Lipinski definition) is 0. The van der Waals surface area contributed by atoms with Crippen LogP contribution in [0.2, 0.25) is 0 Å². The summed E-state index contributed by atoms with van der Waals surface area (Å²) < 4.78 is 5.81. The average molecular weight is 328 g/mol. The Kier molecular flexibility index (Phi) is 4.83. The maximum Gasteiger partial charge on any atom is 0.251 e. The number of likely N-dealkylation sites (tertiary alicyclic amines) is 1. The molecule has 1 fully saturated rings. The predicted molar refractivity (Wildman–Crippen MR) is 85.0 cm³/mol. The van der Waals surface area contributed by atoms with Gasteiger partial charge in [0.1, 0.15) is 12.2 Å². The van der Waals surface area contributed by atoms with Crippen LogP contribution in [0.1, 0.15) is 24.1 Å². The number of hydrogen-bond acceptors (Lipinski definition) is 6. The summed E-state index contributed by atoms with van der Waals surface area (Å²) >= 11 is 1.59. The number of carbonyl (C=O) groups is 1. The van der Waals surface area contributed by atoms with Crippen LogP contribution >= 0.6 is 11.3 Å². The van der Waals surface area contributed by atoms with E-state index in [2.05, 4.69) is 9.97 Å². The molecule has 23 heavy (non-hydrogen) atoms. The Bertz CT molecular complexity index is 711. The summed E-state index contributed by atoms with van der Waals surface area (Å²) in [5.41, 5.74) is 1.22. The minimum atomic E-state index is -0.154. The summed E-state index contributed by atoms with van der Waals surface area (Å²) in [6, 6.07) is 3.94. The van der Waals surface area contributed by atoms with Crippen LogP contribution in [0.15, 0.2) is 29.2 Å². The quantitative estimate of drug-likeness (QED) is 0.858. The fourth-order valence-electron chi connectivity index (χ4n) is 2.59. The third-order valence-corrected chi connectivity index (χ3v) is 4.45. The van der Waals surface area contributed by atoms with Gasteiger partial charge < -0.3 is 9.64 Å². The van der Waals surface area contributed by atoms with Crippen molar-refractivity contribution in [2.45, 2.75) is 25.4 Å². The van der Waals surface area contributed by atoms with Gasteiger partial charge in [-0.2, -0.15) is 16.6 Å². The van der Waals surface area contributed by atoms with Crippen molar-refractivity contribution in [3.05, 3.63) is 40.5 Å². The molecule has 1 unspecified atom stereocenters. The Labute approximate surface area is 138 Å². The zero-order chi connectivity index (χ0) is 16.1. The highest BCUT2D eigenvalue weighted by Crippen LogP contribution is 2.19. The van der Waals surface area contributed by atoms with E-state index in [4.69, 9.17) is 10.00 Å². The van der Waals surface area contributed by atoms with Crippen LogP contribution in [0.3, 0.4) is 0 Å². The lowest BCUT2D eigenvalue weighted by molar-refractivity contribution is -0.133. The Balaban J connectivity index is 1.62. The van der Waals surface area contributed by atoms with Gasteiger partial charge >= 0.3 is 0 Å². The summed E-state index contributed by atoms with van der Waals surface area (Å²) in [6.07, 6.45) is 4.94. The highest BCUT2D eigenvalue weighted by Gasteiger charge is 2.26. The molecule has 0 bridgehead atoms. The van der Waals surface area contributed by atoms with Gasteiger partial charge in [-0.25, -0.2) is 9.97 Å². The number of rotatable bonds is 4. The van der Waals surface area contributed by atoms with Gasteiger partial charge in [0.05, 0.1) is 13.0 Å². The van der Waals surface area contributed by atoms with Gasteiger partial charge in [-0.15, -0.1) is 0 Å². The average Bonchev–Trinajstić information content (AvgIpc) is 3.08. The molecule has 1 aliphatic rings. The first-order chi connectivity index (χ1) is 11.3. The van der Waals surface area contributed by atoms with Crippen LogP contribution in [-0.4, -0.2) is 40.0 Å². The molecular weight excluding hydrogens is 312 g/mol. The van der Waals surface area contributed by atoms with E-state index in [-0.39, 0.29) is 23.6 Å². The Morgan fingerprint density at radius 2 is 2.35 bits per heavy atom. The van der Waals surface area contributed by atoms with E-state index in [1.165, 1.54) is 12.4 Å². The topological polar surface area (TPSA) is 79.1 Å². The second-order valence-electron chi connectivity index (χ2n) is 5.35. The first-order valence-electron chi connectivity index (χ1n) is 7.43. The Hall–Kier alpha value is -2.46. The highest BCUT2D eigenvalue weighted by atomic mass is 32.1. The molecule has 118 valence electrons. The third kappa shape index (κ3) is 3.85. The summed E-state index contributed by atoms with van der Waals surface area (Å²) in [4.78, 5) is 22.2. The summed E-state index contributed by atoms with van der Waals surface area (Å²) in [7, 11) is 0. The molecule has 3 rings (SSSR count). The van der Waals surface area contributed by atoms with Gasteiger partial charge in [0.15, 0.2) is 0 Å². The van der Waals surface area contributed by atoms with Crippen molar-refractivity contribution in [2.24, 2.45) is 0 Å². The van der Waals surface area contributed by atoms with E-state index in [0.29, 0.717) is 13.0 Å². The third-order valence-electron chi connectivity index (χ3n) is 3.72. The molecule has 0 N–H and O–H groups in total. The molecule has 0 saturated carbocycles. The van der Waals surface area contributed by atoms with E-state index in [1.807, 2.05) is 27.8 Å². The van der Waals surface area contributed by atoms with Crippen molar-refractivity contribution in [2.75, 3.05) is 13.1 Å². The molecular formula is C16H16N4O2S. The predicted octanol–water partition coefficient (Wildman–Crippen LogP) is 2.02. The van der Waals surface area contributed by atoms with Crippen molar-refractivity contribution in [1.82, 2.24) is 14.9 Å². The Morgan fingerprint density at radius 1 is 1.48 bits per heavy atom. The van der Waals surface area contributed by atoms with Crippen LogP contribution in [0, 0.1) is 11.3 Å². The van der Waals surface area contributed by atoms with Crippen LogP contribution in [0.5, 0.6) is 5.88 Å². The zero-order valence-corrected chi connectivity index (χ0v) is 13.3. The first-order valence-corrected chi connectivity index (χ1v) is 8.37. The maximum atomic E-state index is 12.4. The number of thiophene rings is 1. The largest absolute Gasteiger partial charge is 0.470 e. The molecule has 1 amide bonds. The van der Waals surface area contributed by atoms with Crippen LogP contribution in [-0.2, 0) is 11.2 Å². The SMILES string of the molecule is N#Cc1nccnc1OC1CCCN(C(=O)Cc2ccsc2)C1. The van der Waals surface area contributed by atoms with E-state index in [1.54, 1.807) is 11.3 Å². The van der Waals surface area contributed by atoms with Crippen LogP contribution < -0.4 is 4.74 Å². The molecule has 0 aliphatic carbocycles. The number of aromatic nitrogens is 2. The number of nitrogens with zero attached hydrogens (tertiary/aromatic N) is 4. The fraction of sp³-hybridized carbons (Fsp3) is 0.375. The van der Waals surface area contributed by atoms with E-state index in [9.17, 15) is 4.79 Å². The monoisotopic (exact) mass is 328 g/mol. The van der Waals surface area contributed by atoms with E-state index < -0.39 is 0 Å². The summed E-state index contributed by atoms with van der Waals surface area (Å²) in [5.74, 6) is 0.350. The number of carbonyl (C=O) groups excluding carboxylic acids is 1. The van der Waals surface area contributed by atoms with Crippen molar-refractivity contribution in [1.29, 1.82) is 5.26 Å². The molecule has 2 aromatic heterocycles. The molecule has 0 radical (unpaired) electrons. The number of amides is 1. The maximum absolute atomic E-state index is 12.4. The first kappa shape index (κ1) is 15.4. The molecule has 7 heteroatoms.